The van der Waals surface area contributed by atoms with Crippen molar-refractivity contribution in [3.05, 3.63) is 34.9 Å². The minimum atomic E-state index is -0.662. The first-order valence-electron chi connectivity index (χ1n) is 8.52. The zero-order valence-electron chi connectivity index (χ0n) is 14.4. The van der Waals surface area contributed by atoms with Gasteiger partial charge in [0.25, 0.3) is 0 Å². The van der Waals surface area contributed by atoms with E-state index in [4.69, 9.17) is 0 Å². The van der Waals surface area contributed by atoms with Crippen LogP contribution in [0.1, 0.15) is 59.8 Å². The van der Waals surface area contributed by atoms with E-state index in [0.717, 1.165) is 25.5 Å². The van der Waals surface area contributed by atoms with Crippen molar-refractivity contribution < 1.29 is 9.90 Å². The van der Waals surface area contributed by atoms with Gasteiger partial charge in [-0.3, -0.25) is 4.79 Å². The van der Waals surface area contributed by atoms with Gasteiger partial charge in [-0.25, -0.2) is 0 Å². The van der Waals surface area contributed by atoms with Crippen LogP contribution in [0.3, 0.4) is 0 Å². The van der Waals surface area contributed by atoms with Crippen molar-refractivity contribution in [2.75, 3.05) is 0 Å². The van der Waals surface area contributed by atoms with Crippen LogP contribution in [0.25, 0.3) is 0 Å². The second kappa shape index (κ2) is 6.95. The van der Waals surface area contributed by atoms with Gasteiger partial charge in [-0.2, -0.15) is 0 Å². The summed E-state index contributed by atoms with van der Waals surface area (Å²) in [5.74, 6) is 1.04. The van der Waals surface area contributed by atoms with E-state index in [1.54, 1.807) is 0 Å². The van der Waals surface area contributed by atoms with E-state index in [-0.39, 0.29) is 5.41 Å². The van der Waals surface area contributed by atoms with Crippen molar-refractivity contribution in [3.63, 3.8) is 0 Å². The summed E-state index contributed by atoms with van der Waals surface area (Å²) >= 11 is 0. The minimum Gasteiger partial charge on any atom is -0.388 e. The molecule has 1 saturated carbocycles. The van der Waals surface area contributed by atoms with Gasteiger partial charge < -0.3 is 5.11 Å². The number of carbonyl (C=O) groups excluding carboxylic acids is 1. The van der Waals surface area contributed by atoms with Gasteiger partial charge in [-0.15, -0.1) is 0 Å². The lowest BCUT2D eigenvalue weighted by Crippen LogP contribution is -2.11. The maximum absolute atomic E-state index is 11.4. The third-order valence-electron chi connectivity index (χ3n) is 5.60. The van der Waals surface area contributed by atoms with Gasteiger partial charge >= 0.3 is 0 Å². The first-order chi connectivity index (χ1) is 10.4. The molecule has 0 aromatic carbocycles. The molecule has 2 heteroatoms. The third-order valence-corrected chi connectivity index (χ3v) is 5.60. The topological polar surface area (TPSA) is 37.3 Å². The summed E-state index contributed by atoms with van der Waals surface area (Å²) in [6, 6.07) is 0. The average Bonchev–Trinajstić information content (AvgIpc) is 2.99. The van der Waals surface area contributed by atoms with E-state index in [0.29, 0.717) is 23.8 Å². The minimum absolute atomic E-state index is 0.250. The molecular weight excluding hydrogens is 272 g/mol. The number of aliphatic hydroxyl groups excluding tert-OH is 1. The van der Waals surface area contributed by atoms with E-state index in [1.807, 2.05) is 6.08 Å². The van der Waals surface area contributed by atoms with Crippen molar-refractivity contribution >= 4 is 6.29 Å². The molecule has 2 aliphatic carbocycles. The lowest BCUT2D eigenvalue weighted by molar-refractivity contribution is -0.105. The van der Waals surface area contributed by atoms with Gasteiger partial charge in [0.05, 0.1) is 6.10 Å². The molecule has 2 aliphatic rings. The van der Waals surface area contributed by atoms with Gasteiger partial charge in [0.15, 0.2) is 0 Å². The molecule has 0 saturated heterocycles. The molecule has 122 valence electrons. The van der Waals surface area contributed by atoms with Gasteiger partial charge in [0.2, 0.25) is 0 Å². The van der Waals surface area contributed by atoms with Crippen LogP contribution in [-0.2, 0) is 4.79 Å². The number of aldehydes is 1. The van der Waals surface area contributed by atoms with Gasteiger partial charge in [0, 0.05) is 5.57 Å². The molecule has 0 unspecified atom stereocenters. The highest BCUT2D eigenvalue weighted by molar-refractivity contribution is 5.75. The molecule has 0 aromatic rings. The lowest BCUT2D eigenvalue weighted by Gasteiger charge is -2.10. The van der Waals surface area contributed by atoms with E-state index in [1.165, 1.54) is 17.6 Å². The molecule has 2 rings (SSSR count). The van der Waals surface area contributed by atoms with Gasteiger partial charge in [-0.1, -0.05) is 43.2 Å². The second-order valence-corrected chi connectivity index (χ2v) is 7.67. The van der Waals surface area contributed by atoms with Crippen LogP contribution in [0.5, 0.6) is 0 Å². The Hall–Kier alpha value is -1.15. The van der Waals surface area contributed by atoms with E-state index in [9.17, 15) is 9.90 Å². The number of aliphatic hydroxyl groups is 1. The van der Waals surface area contributed by atoms with Crippen LogP contribution in [0.15, 0.2) is 34.9 Å². The quantitative estimate of drug-likeness (QED) is 0.567. The molecule has 1 fully saturated rings. The zero-order chi connectivity index (χ0) is 16.3. The Balaban J connectivity index is 2.22. The smallest absolute Gasteiger partial charge is 0.148 e. The molecule has 0 radical (unpaired) electrons. The molecule has 1 N–H and O–H groups in total. The van der Waals surface area contributed by atoms with Gasteiger partial charge in [0.1, 0.15) is 6.29 Å². The molecule has 0 heterocycles. The SMILES string of the molecule is CC1=CCC/C(C)=C/C[C@@H](O)/C(C=O)=C\[C@@H]2[C@@H](CC1)C2(C)C. The van der Waals surface area contributed by atoms with Crippen molar-refractivity contribution in [2.45, 2.75) is 65.9 Å². The van der Waals surface area contributed by atoms with E-state index < -0.39 is 6.10 Å². The normalized spacial score (nSPS) is 37.5. The Morgan fingerprint density at radius 2 is 1.86 bits per heavy atom. The summed E-state index contributed by atoms with van der Waals surface area (Å²) in [5, 5.41) is 10.3. The van der Waals surface area contributed by atoms with Crippen LogP contribution in [0.4, 0.5) is 0 Å². The Labute approximate surface area is 135 Å². The highest BCUT2D eigenvalue weighted by Crippen LogP contribution is 2.61. The fraction of sp³-hybridized carbons (Fsp3) is 0.650. The molecule has 0 aromatic heterocycles. The number of hydrogen-bond donors (Lipinski definition) is 1. The summed E-state index contributed by atoms with van der Waals surface area (Å²) in [5.41, 5.74) is 3.58. The van der Waals surface area contributed by atoms with Crippen LogP contribution >= 0.6 is 0 Å². The van der Waals surface area contributed by atoms with Crippen molar-refractivity contribution in [1.29, 1.82) is 0 Å². The van der Waals surface area contributed by atoms with Crippen molar-refractivity contribution in [2.24, 2.45) is 17.3 Å². The Morgan fingerprint density at radius 1 is 1.18 bits per heavy atom. The van der Waals surface area contributed by atoms with E-state index >= 15 is 0 Å². The summed E-state index contributed by atoms with van der Waals surface area (Å²) in [6.45, 7) is 8.88. The maximum Gasteiger partial charge on any atom is 0.148 e. The largest absolute Gasteiger partial charge is 0.388 e. The number of allylic oxidation sites excluding steroid dienone is 4. The van der Waals surface area contributed by atoms with E-state index in [2.05, 4.69) is 39.8 Å². The molecule has 0 aliphatic heterocycles. The first-order valence-corrected chi connectivity index (χ1v) is 8.52. The fourth-order valence-electron chi connectivity index (χ4n) is 3.69. The van der Waals surface area contributed by atoms with Gasteiger partial charge in [-0.05, 0) is 63.2 Å². The molecule has 0 amide bonds. The molecule has 2 nitrogen and oxygen atoms in total. The Morgan fingerprint density at radius 3 is 2.55 bits per heavy atom. The fourth-order valence-corrected chi connectivity index (χ4v) is 3.69. The summed E-state index contributed by atoms with van der Waals surface area (Å²) in [7, 11) is 0. The molecule has 0 bridgehead atoms. The summed E-state index contributed by atoms with van der Waals surface area (Å²) in [6.07, 6.45) is 11.6. The predicted octanol–water partition coefficient (Wildman–Crippen LogP) is 4.60. The lowest BCUT2D eigenvalue weighted by atomic mass is 10.0. The third kappa shape index (κ3) is 3.98. The van der Waals surface area contributed by atoms with Crippen LogP contribution in [0, 0.1) is 17.3 Å². The monoisotopic (exact) mass is 302 g/mol. The highest BCUT2D eigenvalue weighted by Gasteiger charge is 2.55. The molecule has 0 spiro atoms. The average molecular weight is 302 g/mol. The zero-order valence-corrected chi connectivity index (χ0v) is 14.4. The number of fused-ring (bicyclic) bond motifs is 1. The standard InChI is InChI=1S/C20H30O2/c1-14-6-5-7-15(2)9-11-19(22)16(13-21)12-18-17(10-8-14)20(18,3)4/h6,9,12-13,17-19,22H,5,7-8,10-11H2,1-4H3/b14-6?,15-9+,16-12-/t17-,18-,19-/m1/s1. The number of hydrogen-bond acceptors (Lipinski definition) is 2. The first kappa shape index (κ1) is 17.2. The molecule has 3 atom stereocenters. The molecule has 22 heavy (non-hydrogen) atoms. The Bertz CT molecular complexity index is 508. The summed E-state index contributed by atoms with van der Waals surface area (Å²) < 4.78 is 0. The van der Waals surface area contributed by atoms with Crippen molar-refractivity contribution in [3.8, 4) is 0 Å². The highest BCUT2D eigenvalue weighted by atomic mass is 16.3. The maximum atomic E-state index is 11.4. The number of rotatable bonds is 1. The van der Waals surface area contributed by atoms with Crippen LogP contribution in [-0.4, -0.2) is 17.5 Å². The summed E-state index contributed by atoms with van der Waals surface area (Å²) in [4.78, 5) is 11.4. The predicted molar refractivity (Wildman–Crippen MR) is 91.5 cm³/mol. The molecular formula is C20H30O2. The second-order valence-electron chi connectivity index (χ2n) is 7.67. The Kier molecular flexibility index (Phi) is 5.44. The van der Waals surface area contributed by atoms with Crippen LogP contribution in [0.2, 0.25) is 0 Å². The number of carbonyl (C=O) groups is 1. The van der Waals surface area contributed by atoms with Crippen LogP contribution < -0.4 is 0 Å². The van der Waals surface area contributed by atoms with Crippen molar-refractivity contribution in [1.82, 2.24) is 0 Å².